The number of hydrogen-bond donors (Lipinski definition) is 2. The van der Waals surface area contributed by atoms with Crippen molar-refractivity contribution in [2.75, 3.05) is 43.1 Å². The van der Waals surface area contributed by atoms with Crippen LogP contribution in [0.3, 0.4) is 0 Å². The van der Waals surface area contributed by atoms with Crippen LogP contribution in [0.15, 0.2) is 54.6 Å². The highest BCUT2D eigenvalue weighted by Gasteiger charge is 2.27. The van der Waals surface area contributed by atoms with E-state index in [9.17, 15) is 13.2 Å². The van der Waals surface area contributed by atoms with Crippen LogP contribution in [0.5, 0.6) is 0 Å². The summed E-state index contributed by atoms with van der Waals surface area (Å²) in [5, 5.41) is 5.77. The van der Waals surface area contributed by atoms with Crippen molar-refractivity contribution < 1.29 is 13.2 Å². The zero-order chi connectivity index (χ0) is 24.6. The van der Waals surface area contributed by atoms with E-state index in [-0.39, 0.29) is 6.03 Å². The van der Waals surface area contributed by atoms with Crippen LogP contribution in [0.25, 0.3) is 0 Å². The molecule has 186 valence electrons. The van der Waals surface area contributed by atoms with Crippen molar-refractivity contribution in [3.63, 3.8) is 0 Å². The smallest absolute Gasteiger partial charge is 0.308 e. The van der Waals surface area contributed by atoms with Gasteiger partial charge in [-0.1, -0.05) is 37.3 Å². The van der Waals surface area contributed by atoms with Gasteiger partial charge in [-0.05, 0) is 74.9 Å². The molecule has 0 radical (unpaired) electrons. The fourth-order valence-corrected chi connectivity index (χ4v) is 5.47. The van der Waals surface area contributed by atoms with Gasteiger partial charge in [0.15, 0.2) is 0 Å². The van der Waals surface area contributed by atoms with Gasteiger partial charge >= 0.3 is 6.03 Å². The number of nitrogens with one attached hydrogen (secondary N) is 2. The van der Waals surface area contributed by atoms with E-state index in [1.165, 1.54) is 11.8 Å². The third-order valence-corrected chi connectivity index (χ3v) is 7.72. The van der Waals surface area contributed by atoms with E-state index in [1.807, 2.05) is 48.5 Å². The van der Waals surface area contributed by atoms with Crippen molar-refractivity contribution in [1.29, 1.82) is 0 Å². The molecule has 1 aliphatic heterocycles. The molecule has 1 atom stereocenters. The topological polar surface area (TPSA) is 81.8 Å². The summed E-state index contributed by atoms with van der Waals surface area (Å²) in [4.78, 5) is 14.9. The van der Waals surface area contributed by atoms with Gasteiger partial charge in [0.1, 0.15) is 0 Å². The molecular formula is C26H38N4O3S. The van der Waals surface area contributed by atoms with Gasteiger partial charge < -0.3 is 15.5 Å². The van der Waals surface area contributed by atoms with Crippen LogP contribution < -0.4 is 10.6 Å². The van der Waals surface area contributed by atoms with Crippen LogP contribution >= 0.6 is 0 Å². The second-order valence-corrected chi connectivity index (χ2v) is 11.3. The van der Waals surface area contributed by atoms with E-state index in [2.05, 4.69) is 35.4 Å². The maximum Gasteiger partial charge on any atom is 0.323 e. The van der Waals surface area contributed by atoms with Gasteiger partial charge in [0, 0.05) is 37.1 Å². The number of carbonyl (C=O) groups excluding carboxylic acids is 1. The Labute approximate surface area is 204 Å². The number of benzene rings is 2. The van der Waals surface area contributed by atoms with Gasteiger partial charge in [-0.3, -0.25) is 0 Å². The highest BCUT2D eigenvalue weighted by atomic mass is 32.2. The quantitative estimate of drug-likeness (QED) is 0.512. The first kappa shape index (κ1) is 26.2. The fourth-order valence-electron chi connectivity index (χ4n) is 4.60. The Morgan fingerprint density at radius 2 is 1.71 bits per heavy atom. The maximum atomic E-state index is 12.3. The van der Waals surface area contributed by atoms with Crippen molar-refractivity contribution in [1.82, 2.24) is 9.21 Å². The third-order valence-electron chi connectivity index (χ3n) is 6.42. The van der Waals surface area contributed by atoms with E-state index in [0.29, 0.717) is 25.0 Å². The lowest BCUT2D eigenvalue weighted by Crippen LogP contribution is -2.44. The summed E-state index contributed by atoms with van der Waals surface area (Å²) in [6.07, 6.45) is 5.09. The number of urea groups is 1. The normalized spacial score (nSPS) is 16.4. The van der Waals surface area contributed by atoms with Crippen LogP contribution in [0.2, 0.25) is 0 Å². The predicted octanol–water partition coefficient (Wildman–Crippen LogP) is 4.65. The standard InChI is InChI=1S/C26H38N4O3S/c1-4-15-29(20-22-13-16-30(17-14-22)34(3,32)33)21(2)18-23-9-8-12-25(19-23)28-26(31)27-24-10-6-5-7-11-24/h5-12,19,21-22H,4,13-18,20H2,1-3H3,(H2,27,28,31). The Bertz CT molecular complexity index is 1020. The third kappa shape index (κ3) is 8.11. The summed E-state index contributed by atoms with van der Waals surface area (Å²) >= 11 is 0. The summed E-state index contributed by atoms with van der Waals surface area (Å²) in [7, 11) is -3.09. The first-order valence-corrected chi connectivity index (χ1v) is 14.0. The minimum absolute atomic E-state index is 0.260. The fraction of sp³-hybridized carbons (Fsp3) is 0.500. The number of sulfonamides is 1. The zero-order valence-electron chi connectivity index (χ0n) is 20.5. The number of para-hydroxylation sites is 1. The molecule has 0 aromatic heterocycles. The molecule has 1 fully saturated rings. The molecule has 1 aliphatic rings. The minimum atomic E-state index is -3.09. The number of hydrogen-bond acceptors (Lipinski definition) is 4. The highest BCUT2D eigenvalue weighted by Crippen LogP contribution is 2.22. The van der Waals surface area contributed by atoms with Crippen molar-refractivity contribution in [3.05, 3.63) is 60.2 Å². The van der Waals surface area contributed by atoms with Crippen LogP contribution in [-0.2, 0) is 16.4 Å². The van der Waals surface area contributed by atoms with E-state index in [1.54, 1.807) is 4.31 Å². The van der Waals surface area contributed by atoms with Crippen LogP contribution in [0, 0.1) is 5.92 Å². The predicted molar refractivity (Wildman–Crippen MR) is 140 cm³/mol. The molecule has 0 saturated carbocycles. The molecule has 3 rings (SSSR count). The molecule has 34 heavy (non-hydrogen) atoms. The van der Waals surface area contributed by atoms with Crippen molar-refractivity contribution in [2.24, 2.45) is 5.92 Å². The number of rotatable bonds is 10. The monoisotopic (exact) mass is 486 g/mol. The molecule has 0 aliphatic carbocycles. The Morgan fingerprint density at radius 1 is 1.06 bits per heavy atom. The molecule has 2 aromatic carbocycles. The largest absolute Gasteiger partial charge is 0.323 e. The van der Waals surface area contributed by atoms with Gasteiger partial charge in [0.2, 0.25) is 10.0 Å². The van der Waals surface area contributed by atoms with E-state index >= 15 is 0 Å². The average molecular weight is 487 g/mol. The first-order valence-electron chi connectivity index (χ1n) is 12.2. The number of anilines is 2. The van der Waals surface area contributed by atoms with Crippen molar-refractivity contribution >= 4 is 27.4 Å². The lowest BCUT2D eigenvalue weighted by molar-refractivity contribution is 0.146. The number of nitrogens with zero attached hydrogens (tertiary/aromatic N) is 2. The summed E-state index contributed by atoms with van der Waals surface area (Å²) < 4.78 is 25.2. The van der Waals surface area contributed by atoms with Crippen LogP contribution in [0.4, 0.5) is 16.2 Å². The van der Waals surface area contributed by atoms with Crippen LogP contribution in [0.1, 0.15) is 38.7 Å². The molecule has 1 unspecified atom stereocenters. The van der Waals surface area contributed by atoms with Gasteiger partial charge in [0.25, 0.3) is 0 Å². The molecular weight excluding hydrogens is 448 g/mol. The molecule has 0 bridgehead atoms. The Morgan fingerprint density at radius 3 is 2.35 bits per heavy atom. The highest BCUT2D eigenvalue weighted by molar-refractivity contribution is 7.88. The summed E-state index contributed by atoms with van der Waals surface area (Å²) in [5.74, 6) is 0.515. The minimum Gasteiger partial charge on any atom is -0.308 e. The van der Waals surface area contributed by atoms with Gasteiger partial charge in [0.05, 0.1) is 6.26 Å². The lowest BCUT2D eigenvalue weighted by atomic mass is 9.96. The van der Waals surface area contributed by atoms with Gasteiger partial charge in [-0.15, -0.1) is 0 Å². The second-order valence-electron chi connectivity index (χ2n) is 9.30. The Hall–Kier alpha value is -2.42. The average Bonchev–Trinajstić information content (AvgIpc) is 2.79. The molecule has 2 amide bonds. The molecule has 7 nitrogen and oxygen atoms in total. The Kier molecular flexibility index (Phi) is 9.50. The van der Waals surface area contributed by atoms with E-state index in [4.69, 9.17) is 0 Å². The molecule has 1 heterocycles. The molecule has 2 N–H and O–H groups in total. The summed E-state index contributed by atoms with van der Waals surface area (Å²) in [6.45, 7) is 7.70. The number of carbonyl (C=O) groups is 1. The second kappa shape index (κ2) is 12.3. The summed E-state index contributed by atoms with van der Waals surface area (Å²) in [5.41, 5.74) is 2.70. The lowest BCUT2D eigenvalue weighted by Gasteiger charge is -2.36. The van der Waals surface area contributed by atoms with E-state index < -0.39 is 10.0 Å². The molecule has 2 aromatic rings. The SMILES string of the molecule is CCCN(CC1CCN(S(C)(=O)=O)CC1)C(C)Cc1cccc(NC(=O)Nc2ccccc2)c1. The number of amides is 2. The molecule has 1 saturated heterocycles. The van der Waals surface area contributed by atoms with Gasteiger partial charge in [-0.25, -0.2) is 17.5 Å². The molecule has 8 heteroatoms. The van der Waals surface area contributed by atoms with E-state index in [0.717, 1.165) is 50.1 Å². The van der Waals surface area contributed by atoms with Crippen LogP contribution in [-0.4, -0.2) is 62.1 Å². The maximum absolute atomic E-state index is 12.3. The zero-order valence-corrected chi connectivity index (χ0v) is 21.4. The summed E-state index contributed by atoms with van der Waals surface area (Å²) in [6, 6.07) is 17.5. The number of piperidine rings is 1. The molecule has 0 spiro atoms. The first-order chi connectivity index (χ1) is 16.2. The van der Waals surface area contributed by atoms with Gasteiger partial charge in [-0.2, -0.15) is 0 Å². The van der Waals surface area contributed by atoms with Crippen molar-refractivity contribution in [2.45, 2.75) is 45.6 Å². The van der Waals surface area contributed by atoms with Crippen molar-refractivity contribution in [3.8, 4) is 0 Å². The Balaban J connectivity index is 1.55.